The third-order valence-corrected chi connectivity index (χ3v) is 5.02. The predicted molar refractivity (Wildman–Crippen MR) is 122 cm³/mol. The number of amides is 1. The highest BCUT2D eigenvalue weighted by Crippen LogP contribution is 2.24. The Hall–Kier alpha value is -4.46. The molecule has 1 N–H and O–H groups in total. The number of pyridine rings is 1. The molecule has 166 valence electrons. The first-order valence-corrected chi connectivity index (χ1v) is 10.2. The fraction of sp³-hybridized carbons (Fsp3) is 0.120. The topological polar surface area (TPSA) is 95.3 Å². The van der Waals surface area contributed by atoms with Gasteiger partial charge in [-0.1, -0.05) is 36.4 Å². The zero-order chi connectivity index (χ0) is 23.2. The number of carbonyl (C=O) groups is 2. The first kappa shape index (κ1) is 21.8. The van der Waals surface area contributed by atoms with Crippen LogP contribution in [0.5, 0.6) is 5.75 Å². The highest BCUT2D eigenvalue weighted by molar-refractivity contribution is 5.98. The molecule has 1 amide bonds. The molecule has 8 nitrogen and oxygen atoms in total. The van der Waals surface area contributed by atoms with E-state index in [2.05, 4.69) is 15.4 Å². The molecule has 0 radical (unpaired) electrons. The van der Waals surface area contributed by atoms with E-state index in [0.717, 1.165) is 0 Å². The average Bonchev–Trinajstić information content (AvgIpc) is 3.25. The summed E-state index contributed by atoms with van der Waals surface area (Å²) in [6, 6.07) is 21.1. The fourth-order valence-electron chi connectivity index (χ4n) is 3.27. The Kier molecular flexibility index (Phi) is 6.45. The van der Waals surface area contributed by atoms with Crippen LogP contribution < -0.4 is 10.1 Å². The van der Waals surface area contributed by atoms with Crippen molar-refractivity contribution in [2.45, 2.75) is 13.0 Å². The average molecular weight is 442 g/mol. The Morgan fingerprint density at radius 3 is 2.36 bits per heavy atom. The van der Waals surface area contributed by atoms with Crippen molar-refractivity contribution in [1.29, 1.82) is 0 Å². The van der Waals surface area contributed by atoms with Crippen LogP contribution in [0.2, 0.25) is 0 Å². The molecule has 2 aromatic carbocycles. The van der Waals surface area contributed by atoms with E-state index in [1.54, 1.807) is 85.6 Å². The molecule has 4 aromatic rings. The van der Waals surface area contributed by atoms with Crippen molar-refractivity contribution in [3.63, 3.8) is 0 Å². The third-order valence-electron chi connectivity index (χ3n) is 5.02. The second kappa shape index (κ2) is 9.78. The van der Waals surface area contributed by atoms with Crippen molar-refractivity contribution in [3.05, 3.63) is 102 Å². The van der Waals surface area contributed by atoms with Crippen LogP contribution in [0.4, 0.5) is 5.69 Å². The van der Waals surface area contributed by atoms with Crippen molar-refractivity contribution < 1.29 is 19.1 Å². The number of anilines is 1. The van der Waals surface area contributed by atoms with Gasteiger partial charge in [0.05, 0.1) is 19.0 Å². The minimum absolute atomic E-state index is 0.249. The second-order valence-electron chi connectivity index (χ2n) is 7.16. The van der Waals surface area contributed by atoms with Gasteiger partial charge in [0.15, 0.2) is 5.82 Å². The second-order valence-corrected chi connectivity index (χ2v) is 7.16. The first-order chi connectivity index (χ1) is 16.1. The maximum Gasteiger partial charge on any atom is 0.342 e. The molecule has 0 aliphatic heterocycles. The molecular weight excluding hydrogens is 420 g/mol. The number of carbonyl (C=O) groups excluding carboxylic acids is 2. The van der Waals surface area contributed by atoms with Gasteiger partial charge in [-0.15, -0.1) is 0 Å². The lowest BCUT2D eigenvalue weighted by atomic mass is 10.1. The number of rotatable bonds is 7. The van der Waals surface area contributed by atoms with Crippen LogP contribution in [-0.4, -0.2) is 33.8 Å². The summed E-state index contributed by atoms with van der Waals surface area (Å²) < 4.78 is 12.4. The number of nitrogens with zero attached hydrogens (tertiary/aromatic N) is 3. The van der Waals surface area contributed by atoms with E-state index in [0.29, 0.717) is 28.5 Å². The standard InChI is InChI=1S/C25H22N4O4/c1-17-21(16-27-29(17)22-10-6-7-15-26-22)25(31)33-23(18-8-4-3-5-9-18)24(30)28-19-11-13-20(32-2)14-12-19/h3-16,23H,1-2H3,(H,28,30). The highest BCUT2D eigenvalue weighted by atomic mass is 16.5. The number of methoxy groups -OCH3 is 1. The summed E-state index contributed by atoms with van der Waals surface area (Å²) in [6.07, 6.45) is 1.90. The minimum atomic E-state index is -1.15. The summed E-state index contributed by atoms with van der Waals surface area (Å²) in [7, 11) is 1.57. The van der Waals surface area contributed by atoms with Crippen molar-refractivity contribution in [3.8, 4) is 11.6 Å². The molecule has 0 aliphatic carbocycles. The Balaban J connectivity index is 1.57. The van der Waals surface area contributed by atoms with Gasteiger partial charge in [-0.05, 0) is 43.3 Å². The van der Waals surface area contributed by atoms with Crippen molar-refractivity contribution in [2.75, 3.05) is 12.4 Å². The summed E-state index contributed by atoms with van der Waals surface area (Å²) in [6.45, 7) is 1.74. The minimum Gasteiger partial charge on any atom is -0.497 e. The first-order valence-electron chi connectivity index (χ1n) is 10.2. The monoisotopic (exact) mass is 442 g/mol. The van der Waals surface area contributed by atoms with Crippen LogP contribution in [0.3, 0.4) is 0 Å². The molecule has 1 unspecified atom stereocenters. The number of aromatic nitrogens is 3. The van der Waals surface area contributed by atoms with E-state index in [4.69, 9.17) is 9.47 Å². The zero-order valence-corrected chi connectivity index (χ0v) is 18.1. The van der Waals surface area contributed by atoms with Crippen molar-refractivity contribution in [2.24, 2.45) is 0 Å². The molecular formula is C25H22N4O4. The molecule has 0 fully saturated rings. The third kappa shape index (κ3) is 4.90. The largest absolute Gasteiger partial charge is 0.497 e. The van der Waals surface area contributed by atoms with Gasteiger partial charge >= 0.3 is 5.97 Å². The molecule has 4 rings (SSSR count). The summed E-state index contributed by atoms with van der Waals surface area (Å²) >= 11 is 0. The zero-order valence-electron chi connectivity index (χ0n) is 18.1. The van der Waals surface area contributed by atoms with Gasteiger partial charge in [-0.3, -0.25) is 4.79 Å². The molecule has 0 bridgehead atoms. The lowest BCUT2D eigenvalue weighted by molar-refractivity contribution is -0.125. The van der Waals surface area contributed by atoms with Crippen LogP contribution in [0, 0.1) is 6.92 Å². The normalized spacial score (nSPS) is 11.5. The van der Waals surface area contributed by atoms with Crippen LogP contribution in [-0.2, 0) is 9.53 Å². The SMILES string of the molecule is COc1ccc(NC(=O)C(OC(=O)c2cnn(-c3ccccn3)c2C)c2ccccc2)cc1. The lowest BCUT2D eigenvalue weighted by Gasteiger charge is -2.18. The molecule has 2 aromatic heterocycles. The lowest BCUT2D eigenvalue weighted by Crippen LogP contribution is -2.26. The maximum absolute atomic E-state index is 13.1. The van der Waals surface area contributed by atoms with Crippen LogP contribution >= 0.6 is 0 Å². The summed E-state index contributed by atoms with van der Waals surface area (Å²) in [4.78, 5) is 30.4. The number of hydrogen-bond acceptors (Lipinski definition) is 6. The Morgan fingerprint density at radius 2 is 1.70 bits per heavy atom. The quantitative estimate of drug-likeness (QED) is 0.433. The molecule has 0 saturated carbocycles. The molecule has 0 saturated heterocycles. The molecule has 2 heterocycles. The van der Waals surface area contributed by atoms with Gasteiger partial charge in [0, 0.05) is 17.4 Å². The van der Waals surface area contributed by atoms with Gasteiger partial charge in [-0.2, -0.15) is 5.10 Å². The van der Waals surface area contributed by atoms with Gasteiger partial charge in [-0.25, -0.2) is 14.5 Å². The summed E-state index contributed by atoms with van der Waals surface area (Å²) in [5.41, 5.74) is 1.91. The highest BCUT2D eigenvalue weighted by Gasteiger charge is 2.27. The number of hydrogen-bond donors (Lipinski definition) is 1. The van der Waals surface area contributed by atoms with Crippen LogP contribution in [0.25, 0.3) is 5.82 Å². The summed E-state index contributed by atoms with van der Waals surface area (Å²) in [5.74, 6) is 0.105. The Labute approximate surface area is 190 Å². The maximum atomic E-state index is 13.1. The van der Waals surface area contributed by atoms with Crippen LogP contribution in [0.1, 0.15) is 27.7 Å². The summed E-state index contributed by atoms with van der Waals surface area (Å²) in [5, 5.41) is 7.05. The van der Waals surface area contributed by atoms with Gasteiger partial charge in [0.2, 0.25) is 6.10 Å². The van der Waals surface area contributed by atoms with E-state index in [9.17, 15) is 9.59 Å². The number of benzene rings is 2. The Morgan fingerprint density at radius 1 is 0.970 bits per heavy atom. The van der Waals surface area contributed by atoms with E-state index in [1.165, 1.54) is 6.20 Å². The molecule has 1 atom stereocenters. The molecule has 33 heavy (non-hydrogen) atoms. The van der Waals surface area contributed by atoms with Crippen LogP contribution in [0.15, 0.2) is 85.2 Å². The van der Waals surface area contributed by atoms with Crippen molar-refractivity contribution in [1.82, 2.24) is 14.8 Å². The fourth-order valence-corrected chi connectivity index (χ4v) is 3.27. The number of ether oxygens (including phenoxy) is 2. The smallest absolute Gasteiger partial charge is 0.342 e. The number of nitrogens with one attached hydrogen (secondary N) is 1. The molecule has 0 aliphatic rings. The van der Waals surface area contributed by atoms with E-state index in [1.807, 2.05) is 12.1 Å². The van der Waals surface area contributed by atoms with Crippen molar-refractivity contribution >= 4 is 17.6 Å². The van der Waals surface area contributed by atoms with Gasteiger partial charge in [0.1, 0.15) is 11.3 Å². The Bertz CT molecular complexity index is 1240. The van der Waals surface area contributed by atoms with E-state index >= 15 is 0 Å². The van der Waals surface area contributed by atoms with Gasteiger partial charge < -0.3 is 14.8 Å². The molecule has 8 heteroatoms. The van der Waals surface area contributed by atoms with Gasteiger partial charge in [0.25, 0.3) is 5.91 Å². The number of esters is 1. The predicted octanol–water partition coefficient (Wildman–Crippen LogP) is 4.12. The van der Waals surface area contributed by atoms with E-state index < -0.39 is 18.0 Å². The molecule has 0 spiro atoms. The van der Waals surface area contributed by atoms with E-state index in [-0.39, 0.29) is 5.56 Å².